The lowest BCUT2D eigenvalue weighted by Crippen LogP contribution is -2.17. The molecule has 1 nitrogen and oxygen atoms in total. The summed E-state index contributed by atoms with van der Waals surface area (Å²) in [5.41, 5.74) is 2.82. The average Bonchev–Trinajstić information content (AvgIpc) is 2.34. The molecule has 1 heteroatoms. The lowest BCUT2D eigenvalue weighted by Gasteiger charge is -2.26. The first kappa shape index (κ1) is 13.8. The number of hydrogen-bond donors (Lipinski definition) is 0. The third kappa shape index (κ3) is 3.62. The van der Waals surface area contributed by atoms with E-state index >= 15 is 0 Å². The molecular formula is C16H24O. The summed E-state index contributed by atoms with van der Waals surface area (Å²) in [4.78, 5) is 0. The van der Waals surface area contributed by atoms with Crippen molar-refractivity contribution >= 4 is 0 Å². The van der Waals surface area contributed by atoms with Gasteiger partial charge in [-0.3, -0.25) is 0 Å². The topological polar surface area (TPSA) is 9.23 Å². The van der Waals surface area contributed by atoms with Crippen molar-refractivity contribution in [3.63, 3.8) is 0 Å². The third-order valence-electron chi connectivity index (χ3n) is 3.59. The fourth-order valence-corrected chi connectivity index (χ4v) is 1.93. The third-order valence-corrected chi connectivity index (χ3v) is 3.59. The summed E-state index contributed by atoms with van der Waals surface area (Å²) in [5, 5.41) is 0. The van der Waals surface area contributed by atoms with E-state index in [9.17, 15) is 0 Å². The molecule has 0 aromatic heterocycles. The van der Waals surface area contributed by atoms with Gasteiger partial charge < -0.3 is 4.74 Å². The van der Waals surface area contributed by atoms with Gasteiger partial charge in [0.05, 0.1) is 7.11 Å². The molecular weight excluding hydrogens is 208 g/mol. The molecule has 0 heterocycles. The van der Waals surface area contributed by atoms with Gasteiger partial charge in [0.2, 0.25) is 0 Å². The highest BCUT2D eigenvalue weighted by atomic mass is 16.5. The molecule has 0 fully saturated rings. The fraction of sp³-hybridized carbons (Fsp3) is 0.500. The Kier molecular flexibility index (Phi) is 5.27. The molecule has 1 aliphatic carbocycles. The van der Waals surface area contributed by atoms with Crippen LogP contribution >= 0.6 is 0 Å². The zero-order valence-corrected chi connectivity index (χ0v) is 11.7. The highest BCUT2D eigenvalue weighted by Gasteiger charge is 2.23. The SMILES string of the molecule is CC/C(C)=C/C=C\C1C(OC)=CC=C(C)C1C. The van der Waals surface area contributed by atoms with Crippen LogP contribution in [0.5, 0.6) is 0 Å². The van der Waals surface area contributed by atoms with Crippen molar-refractivity contribution in [1.82, 2.24) is 0 Å². The lowest BCUT2D eigenvalue weighted by atomic mass is 9.82. The van der Waals surface area contributed by atoms with Gasteiger partial charge in [-0.2, -0.15) is 0 Å². The van der Waals surface area contributed by atoms with Crippen molar-refractivity contribution in [2.24, 2.45) is 11.8 Å². The molecule has 17 heavy (non-hydrogen) atoms. The zero-order valence-electron chi connectivity index (χ0n) is 11.7. The summed E-state index contributed by atoms with van der Waals surface area (Å²) in [6.07, 6.45) is 11.9. The minimum absolute atomic E-state index is 0.367. The Morgan fingerprint density at radius 1 is 1.41 bits per heavy atom. The van der Waals surface area contributed by atoms with Crippen molar-refractivity contribution in [3.05, 3.63) is 47.3 Å². The van der Waals surface area contributed by atoms with Gasteiger partial charge in [0.1, 0.15) is 5.76 Å². The number of rotatable bonds is 4. The van der Waals surface area contributed by atoms with E-state index in [2.05, 4.69) is 58.1 Å². The van der Waals surface area contributed by atoms with E-state index in [0.29, 0.717) is 11.8 Å². The van der Waals surface area contributed by atoms with Crippen LogP contribution in [0, 0.1) is 11.8 Å². The van der Waals surface area contributed by atoms with Crippen LogP contribution in [-0.4, -0.2) is 7.11 Å². The van der Waals surface area contributed by atoms with Gasteiger partial charge in [-0.05, 0) is 32.3 Å². The van der Waals surface area contributed by atoms with E-state index in [1.54, 1.807) is 7.11 Å². The standard InChI is InChI=1S/C16H24O/c1-6-12(2)8-7-9-15-14(4)13(3)10-11-16(15)17-5/h7-11,14-15H,6H2,1-5H3/b9-7-,12-8+. The first-order valence-corrected chi connectivity index (χ1v) is 6.36. The van der Waals surface area contributed by atoms with Crippen molar-refractivity contribution in [1.29, 1.82) is 0 Å². The molecule has 0 aromatic carbocycles. The van der Waals surface area contributed by atoms with E-state index < -0.39 is 0 Å². The maximum Gasteiger partial charge on any atom is 0.103 e. The Hall–Kier alpha value is -1.24. The molecule has 0 amide bonds. The molecule has 0 bridgehead atoms. The molecule has 0 spiro atoms. The quantitative estimate of drug-likeness (QED) is 0.641. The van der Waals surface area contributed by atoms with Gasteiger partial charge >= 0.3 is 0 Å². The predicted molar refractivity (Wildman–Crippen MR) is 74.7 cm³/mol. The van der Waals surface area contributed by atoms with Crippen LogP contribution in [0.1, 0.15) is 34.1 Å². The highest BCUT2D eigenvalue weighted by molar-refractivity contribution is 5.29. The monoisotopic (exact) mass is 232 g/mol. The van der Waals surface area contributed by atoms with Crippen LogP contribution in [0.3, 0.4) is 0 Å². The molecule has 0 saturated heterocycles. The lowest BCUT2D eigenvalue weighted by molar-refractivity contribution is 0.237. The Morgan fingerprint density at radius 3 is 2.71 bits per heavy atom. The van der Waals surface area contributed by atoms with Crippen LogP contribution in [0.2, 0.25) is 0 Å². The van der Waals surface area contributed by atoms with Crippen LogP contribution in [-0.2, 0) is 4.74 Å². The Bertz CT molecular complexity index is 369. The molecule has 1 aliphatic rings. The zero-order chi connectivity index (χ0) is 12.8. The summed E-state index contributed by atoms with van der Waals surface area (Å²) in [5.74, 6) is 1.94. The molecule has 0 aromatic rings. The van der Waals surface area contributed by atoms with E-state index in [1.165, 1.54) is 11.1 Å². The Labute approximate surface area is 106 Å². The summed E-state index contributed by atoms with van der Waals surface area (Å²) in [6, 6.07) is 0. The van der Waals surface area contributed by atoms with Gasteiger partial charge in [-0.1, -0.05) is 49.3 Å². The minimum atomic E-state index is 0.367. The van der Waals surface area contributed by atoms with Gasteiger partial charge in [-0.15, -0.1) is 0 Å². The average molecular weight is 232 g/mol. The molecule has 0 saturated carbocycles. The first-order chi connectivity index (χ1) is 8.10. The number of hydrogen-bond acceptors (Lipinski definition) is 1. The van der Waals surface area contributed by atoms with E-state index in [-0.39, 0.29) is 0 Å². The molecule has 94 valence electrons. The molecule has 2 unspecified atom stereocenters. The van der Waals surface area contributed by atoms with E-state index in [4.69, 9.17) is 4.74 Å². The van der Waals surface area contributed by atoms with Crippen molar-refractivity contribution in [2.75, 3.05) is 7.11 Å². The molecule has 0 N–H and O–H groups in total. The van der Waals surface area contributed by atoms with E-state index in [0.717, 1.165) is 12.2 Å². The molecule has 2 atom stereocenters. The second-order valence-electron chi connectivity index (χ2n) is 4.75. The maximum atomic E-state index is 5.45. The molecule has 0 radical (unpaired) electrons. The second-order valence-corrected chi connectivity index (χ2v) is 4.75. The van der Waals surface area contributed by atoms with Crippen molar-refractivity contribution in [3.8, 4) is 0 Å². The Balaban J connectivity index is 2.82. The maximum absolute atomic E-state index is 5.45. The van der Waals surface area contributed by atoms with Gasteiger partial charge in [0.15, 0.2) is 0 Å². The summed E-state index contributed by atoms with van der Waals surface area (Å²) in [6.45, 7) is 8.77. The fourth-order valence-electron chi connectivity index (χ4n) is 1.93. The van der Waals surface area contributed by atoms with Crippen molar-refractivity contribution in [2.45, 2.75) is 34.1 Å². The number of allylic oxidation sites excluding steroid dienone is 7. The van der Waals surface area contributed by atoms with Gasteiger partial charge in [0.25, 0.3) is 0 Å². The predicted octanol–water partition coefficient (Wildman–Crippen LogP) is 4.64. The minimum Gasteiger partial charge on any atom is -0.500 e. The Morgan fingerprint density at radius 2 is 2.12 bits per heavy atom. The normalized spacial score (nSPS) is 25.8. The highest BCUT2D eigenvalue weighted by Crippen LogP contribution is 2.32. The largest absolute Gasteiger partial charge is 0.500 e. The van der Waals surface area contributed by atoms with Crippen LogP contribution in [0.25, 0.3) is 0 Å². The van der Waals surface area contributed by atoms with Gasteiger partial charge in [0, 0.05) is 5.92 Å². The summed E-state index contributed by atoms with van der Waals surface area (Å²) < 4.78 is 5.45. The number of methoxy groups -OCH3 is 1. The van der Waals surface area contributed by atoms with E-state index in [1.807, 2.05) is 0 Å². The summed E-state index contributed by atoms with van der Waals surface area (Å²) >= 11 is 0. The van der Waals surface area contributed by atoms with Gasteiger partial charge in [-0.25, -0.2) is 0 Å². The second kappa shape index (κ2) is 6.48. The smallest absolute Gasteiger partial charge is 0.103 e. The van der Waals surface area contributed by atoms with Crippen molar-refractivity contribution < 1.29 is 4.74 Å². The van der Waals surface area contributed by atoms with Crippen LogP contribution in [0.15, 0.2) is 47.3 Å². The number of ether oxygens (including phenoxy) is 1. The summed E-state index contributed by atoms with van der Waals surface area (Å²) in [7, 11) is 1.75. The van der Waals surface area contributed by atoms with Crippen LogP contribution in [0.4, 0.5) is 0 Å². The molecule has 1 rings (SSSR count). The first-order valence-electron chi connectivity index (χ1n) is 6.36. The van der Waals surface area contributed by atoms with Crippen LogP contribution < -0.4 is 0 Å². The molecule has 0 aliphatic heterocycles.